The molecule has 0 aliphatic carbocycles. The minimum atomic E-state index is -1.46. The van der Waals surface area contributed by atoms with Gasteiger partial charge in [-0.15, -0.1) is 0 Å². The molecule has 1 aromatic carbocycles. The first-order valence-corrected chi connectivity index (χ1v) is 5.53. The summed E-state index contributed by atoms with van der Waals surface area (Å²) in [6.45, 7) is 1.97. The smallest absolute Gasteiger partial charge is 0.423 e. The van der Waals surface area contributed by atoms with Crippen LogP contribution in [0.3, 0.4) is 0 Å². The quantitative estimate of drug-likeness (QED) is 0.241. The Morgan fingerprint density at radius 1 is 1.59 bits per heavy atom. The number of thiocarbonyl (C=S) groups is 1. The Kier molecular flexibility index (Phi) is 5.08. The van der Waals surface area contributed by atoms with Gasteiger partial charge in [0.25, 0.3) is 0 Å². The zero-order valence-electron chi connectivity index (χ0n) is 9.42. The van der Waals surface area contributed by atoms with Gasteiger partial charge in [0.15, 0.2) is 5.11 Å². The molecule has 0 radical (unpaired) electrons. The molecule has 0 spiro atoms. The third-order valence-electron chi connectivity index (χ3n) is 2.22. The van der Waals surface area contributed by atoms with Crippen LogP contribution in [0, 0.1) is 0 Å². The predicted octanol–water partition coefficient (Wildman–Crippen LogP) is -0.904. The van der Waals surface area contributed by atoms with E-state index in [2.05, 4.69) is 22.7 Å². The standard InChI is InChI=1S/C10H14BN3O2S/c1-2-7-5-9(11(15)16)4-3-8(7)6-13-14-10(12)17/h3-6,15-16H,2H2,1H3,(H3,12,14,17). The number of nitrogens with one attached hydrogen (secondary N) is 1. The van der Waals surface area contributed by atoms with Gasteiger partial charge in [0.2, 0.25) is 0 Å². The molecular formula is C10H14BN3O2S. The van der Waals surface area contributed by atoms with Crippen LogP contribution in [0.15, 0.2) is 23.3 Å². The highest BCUT2D eigenvalue weighted by molar-refractivity contribution is 7.80. The molecular weight excluding hydrogens is 237 g/mol. The minimum absolute atomic E-state index is 0.0988. The highest BCUT2D eigenvalue weighted by Crippen LogP contribution is 2.05. The number of hydrogen-bond acceptors (Lipinski definition) is 4. The highest BCUT2D eigenvalue weighted by atomic mass is 32.1. The van der Waals surface area contributed by atoms with Gasteiger partial charge in [0.1, 0.15) is 0 Å². The second kappa shape index (κ2) is 6.34. The Morgan fingerprint density at radius 2 is 2.29 bits per heavy atom. The van der Waals surface area contributed by atoms with Crippen molar-refractivity contribution < 1.29 is 10.0 Å². The Bertz CT molecular complexity index is 438. The van der Waals surface area contributed by atoms with E-state index in [9.17, 15) is 0 Å². The lowest BCUT2D eigenvalue weighted by Gasteiger charge is -2.06. The summed E-state index contributed by atoms with van der Waals surface area (Å²) in [5.41, 5.74) is 9.99. The lowest BCUT2D eigenvalue weighted by atomic mass is 9.78. The number of benzene rings is 1. The molecule has 7 heteroatoms. The Balaban J connectivity index is 2.92. The summed E-state index contributed by atoms with van der Waals surface area (Å²) in [5, 5.41) is 22.1. The van der Waals surface area contributed by atoms with Crippen LogP contribution in [-0.4, -0.2) is 28.5 Å². The Morgan fingerprint density at radius 3 is 2.82 bits per heavy atom. The number of rotatable bonds is 4. The zero-order valence-corrected chi connectivity index (χ0v) is 10.2. The second-order valence-electron chi connectivity index (χ2n) is 3.42. The largest absolute Gasteiger partial charge is 0.488 e. The van der Waals surface area contributed by atoms with Crippen molar-refractivity contribution in [1.29, 1.82) is 0 Å². The summed E-state index contributed by atoms with van der Waals surface area (Å²) in [4.78, 5) is 0. The van der Waals surface area contributed by atoms with Crippen LogP contribution in [0.1, 0.15) is 18.1 Å². The maximum atomic E-state index is 9.06. The van der Waals surface area contributed by atoms with Crippen molar-refractivity contribution in [3.63, 3.8) is 0 Å². The first-order valence-electron chi connectivity index (χ1n) is 5.12. The van der Waals surface area contributed by atoms with E-state index in [1.54, 1.807) is 24.4 Å². The van der Waals surface area contributed by atoms with Crippen LogP contribution in [0.4, 0.5) is 0 Å². The van der Waals surface area contributed by atoms with Gasteiger partial charge in [-0.2, -0.15) is 5.10 Å². The molecule has 1 aromatic rings. The molecule has 0 aliphatic rings. The zero-order chi connectivity index (χ0) is 12.8. The SMILES string of the molecule is CCc1cc(B(O)O)ccc1C=NNC(N)=S. The van der Waals surface area contributed by atoms with E-state index in [4.69, 9.17) is 15.8 Å². The summed E-state index contributed by atoms with van der Waals surface area (Å²) in [6.07, 6.45) is 2.35. The lowest BCUT2D eigenvalue weighted by Crippen LogP contribution is -2.30. The monoisotopic (exact) mass is 251 g/mol. The highest BCUT2D eigenvalue weighted by Gasteiger charge is 2.11. The van der Waals surface area contributed by atoms with Gasteiger partial charge in [-0.3, -0.25) is 5.43 Å². The van der Waals surface area contributed by atoms with Crippen LogP contribution in [-0.2, 0) is 6.42 Å². The van der Waals surface area contributed by atoms with E-state index < -0.39 is 7.12 Å². The summed E-state index contributed by atoms with van der Waals surface area (Å²) < 4.78 is 0. The van der Waals surface area contributed by atoms with Crippen LogP contribution in [0.2, 0.25) is 0 Å². The van der Waals surface area contributed by atoms with E-state index in [0.717, 1.165) is 17.5 Å². The number of hydrazone groups is 1. The minimum Gasteiger partial charge on any atom is -0.423 e. The van der Waals surface area contributed by atoms with Gasteiger partial charge in [-0.25, -0.2) is 0 Å². The van der Waals surface area contributed by atoms with E-state index in [1.165, 1.54) is 0 Å². The van der Waals surface area contributed by atoms with Gasteiger partial charge < -0.3 is 15.8 Å². The Hall–Kier alpha value is -1.44. The maximum absolute atomic E-state index is 9.06. The molecule has 5 N–H and O–H groups in total. The van der Waals surface area contributed by atoms with Gasteiger partial charge in [0.05, 0.1) is 6.21 Å². The van der Waals surface area contributed by atoms with Crippen molar-refractivity contribution in [3.8, 4) is 0 Å². The van der Waals surface area contributed by atoms with Crippen molar-refractivity contribution in [2.24, 2.45) is 10.8 Å². The third kappa shape index (κ3) is 4.14. The molecule has 0 saturated heterocycles. The van der Waals surface area contributed by atoms with Crippen LogP contribution < -0.4 is 16.6 Å². The van der Waals surface area contributed by atoms with E-state index in [-0.39, 0.29) is 5.11 Å². The topological polar surface area (TPSA) is 90.9 Å². The first kappa shape index (κ1) is 13.6. The molecule has 0 heterocycles. The molecule has 1 rings (SSSR count). The number of nitrogens with two attached hydrogens (primary N) is 1. The fourth-order valence-electron chi connectivity index (χ4n) is 1.38. The van der Waals surface area contributed by atoms with Crippen molar-refractivity contribution in [2.45, 2.75) is 13.3 Å². The fraction of sp³-hybridized carbons (Fsp3) is 0.200. The van der Waals surface area contributed by atoms with Crippen molar-refractivity contribution >= 4 is 36.1 Å². The predicted molar refractivity (Wildman–Crippen MR) is 73.2 cm³/mol. The number of nitrogens with zero attached hydrogens (tertiary/aromatic N) is 1. The van der Waals surface area contributed by atoms with Crippen LogP contribution in [0.5, 0.6) is 0 Å². The number of aryl methyl sites for hydroxylation is 1. The summed E-state index contributed by atoms with van der Waals surface area (Å²) in [7, 11) is -1.46. The molecule has 0 aromatic heterocycles. The van der Waals surface area contributed by atoms with Crippen LogP contribution >= 0.6 is 12.2 Å². The molecule has 90 valence electrons. The molecule has 17 heavy (non-hydrogen) atoms. The normalized spacial score (nSPS) is 10.5. The second-order valence-corrected chi connectivity index (χ2v) is 3.86. The van der Waals surface area contributed by atoms with Crippen molar-refractivity contribution in [3.05, 3.63) is 29.3 Å². The molecule has 0 fully saturated rings. The average molecular weight is 251 g/mol. The summed E-state index contributed by atoms with van der Waals surface area (Å²) in [5.74, 6) is 0. The first-order chi connectivity index (χ1) is 8.04. The maximum Gasteiger partial charge on any atom is 0.488 e. The lowest BCUT2D eigenvalue weighted by molar-refractivity contribution is 0.425. The molecule has 5 nitrogen and oxygen atoms in total. The average Bonchev–Trinajstić information content (AvgIpc) is 2.28. The molecule has 0 saturated carbocycles. The van der Waals surface area contributed by atoms with Crippen molar-refractivity contribution in [1.82, 2.24) is 5.43 Å². The third-order valence-corrected chi connectivity index (χ3v) is 2.32. The van der Waals surface area contributed by atoms with Gasteiger partial charge in [-0.1, -0.05) is 25.1 Å². The fourth-order valence-corrected chi connectivity index (χ4v) is 1.44. The summed E-state index contributed by atoms with van der Waals surface area (Å²) in [6, 6.07) is 5.12. The van der Waals surface area contributed by atoms with Gasteiger partial charge in [-0.05, 0) is 35.2 Å². The van der Waals surface area contributed by atoms with Crippen LogP contribution in [0.25, 0.3) is 0 Å². The van der Waals surface area contributed by atoms with Gasteiger partial charge in [0, 0.05) is 0 Å². The van der Waals surface area contributed by atoms with E-state index in [1.807, 2.05) is 6.92 Å². The molecule has 0 aliphatic heterocycles. The molecule has 0 bridgehead atoms. The molecule has 0 atom stereocenters. The Labute approximate surface area is 105 Å². The van der Waals surface area contributed by atoms with Crippen molar-refractivity contribution in [2.75, 3.05) is 0 Å². The molecule has 0 unspecified atom stereocenters. The van der Waals surface area contributed by atoms with Gasteiger partial charge >= 0.3 is 7.12 Å². The molecule has 0 amide bonds. The van der Waals surface area contributed by atoms with E-state index >= 15 is 0 Å². The van der Waals surface area contributed by atoms with E-state index in [0.29, 0.717) is 5.46 Å². The number of hydrogen-bond donors (Lipinski definition) is 4. The summed E-state index contributed by atoms with van der Waals surface area (Å²) >= 11 is 4.61.